The zero-order chi connectivity index (χ0) is 15.6. The van der Waals surface area contributed by atoms with Crippen molar-refractivity contribution in [2.75, 3.05) is 12.4 Å². The van der Waals surface area contributed by atoms with E-state index >= 15 is 0 Å². The lowest BCUT2D eigenvalue weighted by Gasteiger charge is -2.18. The maximum Gasteiger partial charge on any atom is 0.142 e. The topological polar surface area (TPSA) is 21.3 Å². The molecule has 0 amide bonds. The largest absolute Gasteiger partial charge is 0.497 e. The van der Waals surface area contributed by atoms with Gasteiger partial charge in [-0.25, -0.2) is 4.39 Å². The van der Waals surface area contributed by atoms with Crippen LogP contribution in [0.25, 0.3) is 0 Å². The summed E-state index contributed by atoms with van der Waals surface area (Å²) >= 11 is 15.2. The van der Waals surface area contributed by atoms with Gasteiger partial charge in [-0.05, 0) is 36.8 Å². The SMILES string of the molecule is COc1cc(Br)cc(NC(C)c2cc(F)c(Cl)cc2Cl)c1. The summed E-state index contributed by atoms with van der Waals surface area (Å²) in [5.74, 6) is 0.226. The fourth-order valence-corrected chi connectivity index (χ4v) is 2.98. The fraction of sp³-hybridized carbons (Fsp3) is 0.200. The molecule has 6 heteroatoms. The Morgan fingerprint density at radius 1 is 1.14 bits per heavy atom. The number of hydrogen-bond donors (Lipinski definition) is 1. The van der Waals surface area contributed by atoms with Crippen molar-refractivity contribution in [3.05, 3.63) is 56.2 Å². The van der Waals surface area contributed by atoms with Gasteiger partial charge in [-0.3, -0.25) is 0 Å². The molecule has 0 heterocycles. The summed E-state index contributed by atoms with van der Waals surface area (Å²) < 4.78 is 19.7. The highest BCUT2D eigenvalue weighted by Gasteiger charge is 2.14. The first-order chi connectivity index (χ1) is 9.90. The summed E-state index contributed by atoms with van der Waals surface area (Å²) in [6.45, 7) is 1.89. The third-order valence-corrected chi connectivity index (χ3v) is 4.07. The molecule has 2 aromatic carbocycles. The van der Waals surface area contributed by atoms with Crippen molar-refractivity contribution in [3.63, 3.8) is 0 Å². The number of ether oxygens (including phenoxy) is 1. The predicted octanol–water partition coefficient (Wildman–Crippen LogP) is 6.08. The van der Waals surface area contributed by atoms with Crippen LogP contribution in [-0.2, 0) is 0 Å². The van der Waals surface area contributed by atoms with Crippen LogP contribution in [0.4, 0.5) is 10.1 Å². The molecule has 21 heavy (non-hydrogen) atoms. The van der Waals surface area contributed by atoms with E-state index < -0.39 is 5.82 Å². The summed E-state index contributed by atoms with van der Waals surface area (Å²) in [5, 5.41) is 3.69. The van der Waals surface area contributed by atoms with Crippen molar-refractivity contribution in [1.29, 1.82) is 0 Å². The van der Waals surface area contributed by atoms with Crippen LogP contribution in [0.5, 0.6) is 5.75 Å². The third-order valence-electron chi connectivity index (χ3n) is 3.00. The van der Waals surface area contributed by atoms with Crippen LogP contribution >= 0.6 is 39.1 Å². The van der Waals surface area contributed by atoms with Gasteiger partial charge in [0, 0.05) is 21.2 Å². The lowest BCUT2D eigenvalue weighted by atomic mass is 10.1. The van der Waals surface area contributed by atoms with E-state index in [-0.39, 0.29) is 11.1 Å². The number of halogens is 4. The van der Waals surface area contributed by atoms with Crippen molar-refractivity contribution in [2.45, 2.75) is 13.0 Å². The van der Waals surface area contributed by atoms with E-state index in [4.69, 9.17) is 27.9 Å². The molecule has 0 spiro atoms. The first-order valence-corrected chi connectivity index (χ1v) is 7.71. The van der Waals surface area contributed by atoms with Crippen LogP contribution in [0.15, 0.2) is 34.8 Å². The molecular formula is C15H13BrCl2FNO. The second kappa shape index (κ2) is 6.86. The molecule has 0 saturated carbocycles. The molecule has 0 aromatic heterocycles. The van der Waals surface area contributed by atoms with Crippen LogP contribution in [0.1, 0.15) is 18.5 Å². The summed E-state index contributed by atoms with van der Waals surface area (Å²) in [6, 6.07) is 8.17. The van der Waals surface area contributed by atoms with Crippen LogP contribution < -0.4 is 10.1 Å². The molecule has 1 unspecified atom stereocenters. The maximum absolute atomic E-state index is 13.6. The van der Waals surface area contributed by atoms with Crippen molar-refractivity contribution in [2.24, 2.45) is 0 Å². The highest BCUT2D eigenvalue weighted by molar-refractivity contribution is 9.10. The van der Waals surface area contributed by atoms with Crippen LogP contribution in [0.3, 0.4) is 0 Å². The molecule has 0 saturated heterocycles. The van der Waals surface area contributed by atoms with E-state index in [1.807, 2.05) is 25.1 Å². The van der Waals surface area contributed by atoms with Crippen molar-refractivity contribution >= 4 is 44.8 Å². The maximum atomic E-state index is 13.6. The van der Waals surface area contributed by atoms with Gasteiger partial charge < -0.3 is 10.1 Å². The minimum Gasteiger partial charge on any atom is -0.497 e. The fourth-order valence-electron chi connectivity index (χ4n) is 1.96. The van der Waals surface area contributed by atoms with Crippen molar-refractivity contribution < 1.29 is 9.13 Å². The first kappa shape index (κ1) is 16.4. The second-order valence-electron chi connectivity index (χ2n) is 4.53. The molecule has 1 N–H and O–H groups in total. The molecule has 0 aliphatic rings. The first-order valence-electron chi connectivity index (χ1n) is 6.16. The standard InChI is InChI=1S/C15H13BrCl2FNO/c1-8(12-6-15(19)14(18)7-13(12)17)20-10-3-9(16)4-11(5-10)21-2/h3-8,20H,1-2H3. The van der Waals surface area contributed by atoms with E-state index in [0.717, 1.165) is 10.2 Å². The summed E-state index contributed by atoms with van der Waals surface area (Å²) in [6.07, 6.45) is 0. The van der Waals surface area contributed by atoms with Crippen LogP contribution in [0, 0.1) is 5.82 Å². The van der Waals surface area contributed by atoms with Gasteiger partial charge in [-0.15, -0.1) is 0 Å². The van der Waals surface area contributed by atoms with Gasteiger partial charge in [0.15, 0.2) is 0 Å². The molecule has 0 aliphatic carbocycles. The molecule has 0 bridgehead atoms. The van der Waals surface area contributed by atoms with Gasteiger partial charge >= 0.3 is 0 Å². The highest BCUT2D eigenvalue weighted by Crippen LogP contribution is 2.32. The summed E-state index contributed by atoms with van der Waals surface area (Å²) in [7, 11) is 1.60. The zero-order valence-electron chi connectivity index (χ0n) is 11.4. The number of hydrogen-bond acceptors (Lipinski definition) is 2. The smallest absolute Gasteiger partial charge is 0.142 e. The number of nitrogens with one attached hydrogen (secondary N) is 1. The minimum atomic E-state index is -0.489. The molecular weight excluding hydrogens is 380 g/mol. The number of methoxy groups -OCH3 is 1. The monoisotopic (exact) mass is 391 g/mol. The number of anilines is 1. The lowest BCUT2D eigenvalue weighted by Crippen LogP contribution is -2.08. The van der Waals surface area contributed by atoms with E-state index in [1.165, 1.54) is 12.1 Å². The Morgan fingerprint density at radius 3 is 2.52 bits per heavy atom. The van der Waals surface area contributed by atoms with E-state index in [1.54, 1.807) is 7.11 Å². The molecule has 2 nitrogen and oxygen atoms in total. The van der Waals surface area contributed by atoms with Gasteiger partial charge in [-0.2, -0.15) is 0 Å². The Balaban J connectivity index is 2.27. The van der Waals surface area contributed by atoms with E-state index in [9.17, 15) is 4.39 Å². The lowest BCUT2D eigenvalue weighted by molar-refractivity contribution is 0.414. The van der Waals surface area contributed by atoms with Gasteiger partial charge in [-0.1, -0.05) is 39.1 Å². The Labute approximate surface area is 141 Å². The Morgan fingerprint density at radius 2 is 1.86 bits per heavy atom. The third kappa shape index (κ3) is 4.02. The average molecular weight is 393 g/mol. The Hall–Kier alpha value is -0.970. The summed E-state index contributed by atoms with van der Waals surface area (Å²) in [5.41, 5.74) is 1.47. The Kier molecular flexibility index (Phi) is 5.36. The normalized spacial score (nSPS) is 12.1. The van der Waals surface area contributed by atoms with Gasteiger partial charge in [0.05, 0.1) is 18.2 Å². The van der Waals surface area contributed by atoms with Crippen molar-refractivity contribution in [3.8, 4) is 5.75 Å². The predicted molar refractivity (Wildman–Crippen MR) is 89.2 cm³/mol. The molecule has 2 rings (SSSR count). The number of benzene rings is 2. The molecule has 2 aromatic rings. The Bertz CT molecular complexity index is 666. The molecule has 112 valence electrons. The van der Waals surface area contributed by atoms with Crippen LogP contribution in [0.2, 0.25) is 10.0 Å². The molecule has 0 aliphatic heterocycles. The van der Waals surface area contributed by atoms with Gasteiger partial charge in [0.25, 0.3) is 0 Å². The molecule has 0 fully saturated rings. The minimum absolute atomic E-state index is 0.0140. The van der Waals surface area contributed by atoms with Crippen LogP contribution in [-0.4, -0.2) is 7.11 Å². The van der Waals surface area contributed by atoms with E-state index in [2.05, 4.69) is 21.2 Å². The highest BCUT2D eigenvalue weighted by atomic mass is 79.9. The number of rotatable bonds is 4. The van der Waals surface area contributed by atoms with Crippen molar-refractivity contribution in [1.82, 2.24) is 0 Å². The second-order valence-corrected chi connectivity index (χ2v) is 6.26. The van der Waals surface area contributed by atoms with Gasteiger partial charge in [0.2, 0.25) is 0 Å². The molecule has 0 radical (unpaired) electrons. The molecule has 1 atom stereocenters. The van der Waals surface area contributed by atoms with E-state index in [0.29, 0.717) is 16.3 Å². The average Bonchev–Trinajstić information content (AvgIpc) is 2.42. The zero-order valence-corrected chi connectivity index (χ0v) is 14.5. The van der Waals surface area contributed by atoms with Gasteiger partial charge in [0.1, 0.15) is 11.6 Å². The summed E-state index contributed by atoms with van der Waals surface area (Å²) in [4.78, 5) is 0. The quantitative estimate of drug-likeness (QED) is 0.637.